The number of allylic oxidation sites excluding steroid dienone is 4. The van der Waals surface area contributed by atoms with E-state index in [0.717, 1.165) is 25.7 Å². The van der Waals surface area contributed by atoms with Crippen molar-refractivity contribution in [3.05, 3.63) is 46.1 Å². The number of fused-ring (bicyclic) bond motifs is 1. The first-order valence-corrected chi connectivity index (χ1v) is 9.39. The molecule has 1 aromatic rings. The summed E-state index contributed by atoms with van der Waals surface area (Å²) in [6.45, 7) is 9.88. The summed E-state index contributed by atoms with van der Waals surface area (Å²) in [5.74, 6) is -0.0493. The molecule has 4 nitrogen and oxygen atoms in total. The Kier molecular flexibility index (Phi) is 6.53. The van der Waals surface area contributed by atoms with Crippen LogP contribution in [0.1, 0.15) is 74.9 Å². The Morgan fingerprint density at radius 3 is 2.48 bits per heavy atom. The van der Waals surface area contributed by atoms with Gasteiger partial charge in [0.15, 0.2) is 17.8 Å². The number of phenolic OH excluding ortho intramolecular Hbond substituents is 2. The van der Waals surface area contributed by atoms with E-state index in [-0.39, 0.29) is 28.4 Å². The fourth-order valence-corrected chi connectivity index (χ4v) is 3.21. The first-order chi connectivity index (χ1) is 12.7. The minimum absolute atomic E-state index is 0.114. The van der Waals surface area contributed by atoms with E-state index in [4.69, 9.17) is 4.74 Å². The van der Waals surface area contributed by atoms with Crippen molar-refractivity contribution in [3.8, 4) is 17.2 Å². The van der Waals surface area contributed by atoms with Crippen LogP contribution in [0, 0.1) is 6.92 Å². The molecule has 0 fully saturated rings. The van der Waals surface area contributed by atoms with Crippen LogP contribution >= 0.6 is 0 Å². The van der Waals surface area contributed by atoms with Crippen LogP contribution in [0.25, 0.3) is 6.08 Å². The van der Waals surface area contributed by atoms with Gasteiger partial charge in [0.2, 0.25) is 0 Å². The van der Waals surface area contributed by atoms with Crippen molar-refractivity contribution in [2.75, 3.05) is 0 Å². The molecule has 1 atom stereocenters. The van der Waals surface area contributed by atoms with Gasteiger partial charge in [-0.3, -0.25) is 4.79 Å². The molecule has 0 saturated carbocycles. The fourth-order valence-electron chi connectivity index (χ4n) is 3.21. The molecule has 27 heavy (non-hydrogen) atoms. The number of aldehydes is 1. The van der Waals surface area contributed by atoms with Gasteiger partial charge in [-0.25, -0.2) is 0 Å². The third-order valence-corrected chi connectivity index (χ3v) is 5.00. The van der Waals surface area contributed by atoms with Gasteiger partial charge in [0.1, 0.15) is 11.4 Å². The minimum Gasteiger partial charge on any atom is -0.507 e. The van der Waals surface area contributed by atoms with Gasteiger partial charge in [0.25, 0.3) is 0 Å². The average molecular weight is 370 g/mol. The molecule has 1 heterocycles. The van der Waals surface area contributed by atoms with Crippen LogP contribution in [0.5, 0.6) is 17.2 Å². The molecule has 0 aromatic heterocycles. The summed E-state index contributed by atoms with van der Waals surface area (Å²) in [6.07, 6.45) is 12.4. The van der Waals surface area contributed by atoms with Gasteiger partial charge < -0.3 is 14.9 Å². The quantitative estimate of drug-likeness (QED) is 0.466. The van der Waals surface area contributed by atoms with Gasteiger partial charge in [-0.15, -0.1) is 0 Å². The van der Waals surface area contributed by atoms with Crippen LogP contribution in [-0.4, -0.2) is 22.1 Å². The summed E-state index contributed by atoms with van der Waals surface area (Å²) in [5.41, 5.74) is 2.94. The summed E-state index contributed by atoms with van der Waals surface area (Å²) in [6, 6.07) is 0. The van der Waals surface area contributed by atoms with Crippen molar-refractivity contribution in [2.45, 2.75) is 65.9 Å². The van der Waals surface area contributed by atoms with E-state index in [1.807, 2.05) is 13.0 Å². The van der Waals surface area contributed by atoms with Crippen LogP contribution in [0.15, 0.2) is 29.4 Å². The highest BCUT2D eigenvalue weighted by molar-refractivity contribution is 5.91. The number of rotatable bonds is 7. The lowest BCUT2D eigenvalue weighted by Gasteiger charge is -2.33. The first kappa shape index (κ1) is 20.8. The van der Waals surface area contributed by atoms with Crippen molar-refractivity contribution >= 4 is 12.4 Å². The molecule has 1 aliphatic heterocycles. The van der Waals surface area contributed by atoms with Crippen LogP contribution in [-0.2, 0) is 0 Å². The topological polar surface area (TPSA) is 66.8 Å². The Morgan fingerprint density at radius 2 is 1.85 bits per heavy atom. The van der Waals surface area contributed by atoms with Gasteiger partial charge in [0.05, 0.1) is 5.56 Å². The zero-order valence-corrected chi connectivity index (χ0v) is 16.9. The van der Waals surface area contributed by atoms with E-state index in [1.54, 1.807) is 13.0 Å². The van der Waals surface area contributed by atoms with E-state index in [9.17, 15) is 15.0 Å². The highest BCUT2D eigenvalue weighted by atomic mass is 16.5. The molecule has 146 valence electrons. The van der Waals surface area contributed by atoms with Gasteiger partial charge in [-0.1, -0.05) is 29.4 Å². The third kappa shape index (κ3) is 4.82. The number of carbonyl (C=O) groups is 1. The van der Waals surface area contributed by atoms with Crippen molar-refractivity contribution in [1.82, 2.24) is 0 Å². The molecule has 0 aliphatic carbocycles. The molecule has 0 radical (unpaired) electrons. The number of phenols is 2. The van der Waals surface area contributed by atoms with Crippen LogP contribution < -0.4 is 4.74 Å². The molecule has 0 saturated heterocycles. The monoisotopic (exact) mass is 370 g/mol. The standard InChI is InChI=1S/C23H30O4/c1-15(2)8-6-9-16(3)10-7-12-23(5)13-11-18-19(14-24)20(25)17(4)21(26)22(18)27-23/h8,10-11,13-14,25-26H,6-7,9,12H2,1-5H3. The molecular weight excluding hydrogens is 340 g/mol. The summed E-state index contributed by atoms with van der Waals surface area (Å²) >= 11 is 0. The van der Waals surface area contributed by atoms with E-state index in [2.05, 4.69) is 32.9 Å². The van der Waals surface area contributed by atoms with Crippen molar-refractivity contribution in [2.24, 2.45) is 0 Å². The molecule has 0 bridgehead atoms. The van der Waals surface area contributed by atoms with Gasteiger partial charge in [-0.2, -0.15) is 0 Å². The van der Waals surface area contributed by atoms with Gasteiger partial charge in [-0.05, 0) is 66.4 Å². The number of carbonyl (C=O) groups excluding carboxylic acids is 1. The molecule has 2 N–H and O–H groups in total. The molecule has 1 aliphatic rings. The van der Waals surface area contributed by atoms with Crippen molar-refractivity contribution in [3.63, 3.8) is 0 Å². The number of benzene rings is 1. The van der Waals surface area contributed by atoms with E-state index in [0.29, 0.717) is 11.8 Å². The highest BCUT2D eigenvalue weighted by Gasteiger charge is 2.32. The number of hydrogen-bond donors (Lipinski definition) is 2. The van der Waals surface area contributed by atoms with Gasteiger partial charge >= 0.3 is 0 Å². The normalized spacial score (nSPS) is 18.6. The zero-order valence-electron chi connectivity index (χ0n) is 16.9. The van der Waals surface area contributed by atoms with E-state index >= 15 is 0 Å². The van der Waals surface area contributed by atoms with Crippen LogP contribution in [0.2, 0.25) is 0 Å². The van der Waals surface area contributed by atoms with Crippen LogP contribution in [0.4, 0.5) is 0 Å². The molecule has 1 aromatic carbocycles. The second kappa shape index (κ2) is 8.47. The maximum absolute atomic E-state index is 11.4. The second-order valence-electron chi connectivity index (χ2n) is 7.75. The van der Waals surface area contributed by atoms with Crippen molar-refractivity contribution < 1.29 is 19.7 Å². The lowest BCUT2D eigenvalue weighted by Crippen LogP contribution is -2.32. The predicted molar refractivity (Wildman–Crippen MR) is 110 cm³/mol. The average Bonchev–Trinajstić information content (AvgIpc) is 2.60. The summed E-state index contributed by atoms with van der Waals surface area (Å²) in [5, 5.41) is 20.5. The van der Waals surface area contributed by atoms with Gasteiger partial charge in [0, 0.05) is 11.1 Å². The highest BCUT2D eigenvalue weighted by Crippen LogP contribution is 2.47. The summed E-state index contributed by atoms with van der Waals surface area (Å²) in [4.78, 5) is 11.4. The maximum Gasteiger partial charge on any atom is 0.170 e. The lowest BCUT2D eigenvalue weighted by molar-refractivity contribution is 0.111. The molecule has 2 rings (SSSR count). The molecular formula is C23H30O4. The molecule has 0 spiro atoms. The summed E-state index contributed by atoms with van der Waals surface area (Å²) in [7, 11) is 0. The number of hydrogen-bond acceptors (Lipinski definition) is 4. The Balaban J connectivity index is 2.12. The largest absolute Gasteiger partial charge is 0.507 e. The molecule has 4 heteroatoms. The number of ether oxygens (including phenoxy) is 1. The summed E-state index contributed by atoms with van der Waals surface area (Å²) < 4.78 is 6.08. The first-order valence-electron chi connectivity index (χ1n) is 9.39. The SMILES string of the molecule is CC(C)=CCCC(C)=CCCC1(C)C=Cc2c(C=O)c(O)c(C)c(O)c2O1. The molecule has 1 unspecified atom stereocenters. The lowest BCUT2D eigenvalue weighted by atomic mass is 9.91. The molecule has 0 amide bonds. The van der Waals surface area contributed by atoms with Crippen LogP contribution in [0.3, 0.4) is 0 Å². The second-order valence-corrected chi connectivity index (χ2v) is 7.75. The Hall–Kier alpha value is -2.49. The Morgan fingerprint density at radius 1 is 1.15 bits per heavy atom. The zero-order chi connectivity index (χ0) is 20.2. The Bertz CT molecular complexity index is 810. The fraction of sp³-hybridized carbons (Fsp3) is 0.435. The number of aromatic hydroxyl groups is 2. The van der Waals surface area contributed by atoms with E-state index in [1.165, 1.54) is 11.1 Å². The third-order valence-electron chi connectivity index (χ3n) is 5.00. The smallest absolute Gasteiger partial charge is 0.170 e. The minimum atomic E-state index is -0.579. The Labute approximate surface area is 161 Å². The van der Waals surface area contributed by atoms with E-state index < -0.39 is 5.60 Å². The predicted octanol–water partition coefficient (Wildman–Crippen LogP) is 5.86. The van der Waals surface area contributed by atoms with Crippen molar-refractivity contribution in [1.29, 1.82) is 0 Å². The maximum atomic E-state index is 11.4.